The summed E-state index contributed by atoms with van der Waals surface area (Å²) in [5.74, 6) is 0. The number of carbonyl (C=O) groups is 1. The van der Waals surface area contributed by atoms with Crippen LogP contribution in [0, 0.1) is 5.41 Å². The van der Waals surface area contributed by atoms with Gasteiger partial charge in [-0.3, -0.25) is 0 Å². The van der Waals surface area contributed by atoms with E-state index in [2.05, 4.69) is 15.9 Å². The number of nitrogens with two attached hydrogens (primary N) is 1. The van der Waals surface area contributed by atoms with E-state index in [1.165, 1.54) is 12.1 Å². The molecule has 1 aromatic carbocycles. The van der Waals surface area contributed by atoms with Gasteiger partial charge in [0, 0.05) is 10.7 Å². The van der Waals surface area contributed by atoms with E-state index in [1.54, 1.807) is 32.9 Å². The number of halogens is 1. The first-order chi connectivity index (χ1) is 9.09. The van der Waals surface area contributed by atoms with Crippen molar-refractivity contribution in [1.29, 1.82) is 0 Å². The minimum Gasteiger partial charge on any atom is -0.429 e. The summed E-state index contributed by atoms with van der Waals surface area (Å²) in [5, 5.41) is 0.633. The van der Waals surface area contributed by atoms with Gasteiger partial charge in [0.1, 0.15) is 0 Å². The van der Waals surface area contributed by atoms with Gasteiger partial charge in [-0.15, -0.1) is 0 Å². The Morgan fingerprint density at radius 3 is 2.15 bits per heavy atom. The van der Waals surface area contributed by atoms with E-state index in [1.807, 2.05) is 0 Å². The molecular weight excluding hydrogens is 346 g/mol. The number of hydrogen-bond donors (Lipinski definition) is 1. The normalized spacial score (nSPS) is 13.8. The van der Waals surface area contributed by atoms with Crippen molar-refractivity contribution in [3.05, 3.63) is 29.8 Å². The minimum absolute atomic E-state index is 0.100. The number of benzene rings is 1. The molecular formula is C13H18BrNO4S. The van der Waals surface area contributed by atoms with Crippen molar-refractivity contribution in [3.8, 4) is 0 Å². The van der Waals surface area contributed by atoms with E-state index < -0.39 is 26.8 Å². The smallest absolute Gasteiger partial charge is 0.405 e. The molecule has 0 saturated heterocycles. The number of carbonyl (C=O) groups excluding carboxylic acids is 1. The first kappa shape index (κ1) is 17.0. The fraction of sp³-hybridized carbons (Fsp3) is 0.462. The van der Waals surface area contributed by atoms with Crippen LogP contribution in [-0.2, 0) is 19.9 Å². The SMILES string of the molecule is CC(C)(C)C(OC(N)=O)S(=O)(=O)c1ccc(CBr)cc1. The maximum absolute atomic E-state index is 12.6. The molecule has 1 aromatic rings. The number of sulfone groups is 1. The van der Waals surface area contributed by atoms with Crippen LogP contribution in [0.15, 0.2) is 29.2 Å². The predicted molar refractivity (Wildman–Crippen MR) is 80.2 cm³/mol. The summed E-state index contributed by atoms with van der Waals surface area (Å²) >= 11 is 3.29. The van der Waals surface area contributed by atoms with E-state index in [9.17, 15) is 13.2 Å². The van der Waals surface area contributed by atoms with Gasteiger partial charge in [-0.2, -0.15) is 0 Å². The Morgan fingerprint density at radius 2 is 1.80 bits per heavy atom. The van der Waals surface area contributed by atoms with Crippen molar-refractivity contribution in [2.24, 2.45) is 11.1 Å². The van der Waals surface area contributed by atoms with Crippen LogP contribution in [0.2, 0.25) is 0 Å². The Balaban J connectivity index is 3.25. The zero-order valence-corrected chi connectivity index (χ0v) is 14.0. The molecule has 1 unspecified atom stereocenters. The maximum atomic E-state index is 12.6. The maximum Gasteiger partial charge on any atom is 0.405 e. The fourth-order valence-electron chi connectivity index (χ4n) is 1.70. The van der Waals surface area contributed by atoms with Crippen molar-refractivity contribution >= 4 is 31.9 Å². The summed E-state index contributed by atoms with van der Waals surface area (Å²) < 4.78 is 30.0. The molecule has 1 atom stereocenters. The van der Waals surface area contributed by atoms with Gasteiger partial charge in [0.15, 0.2) is 0 Å². The third-order valence-corrected chi connectivity index (χ3v) is 5.56. The molecule has 2 N–H and O–H groups in total. The second kappa shape index (κ2) is 6.13. The van der Waals surface area contributed by atoms with Gasteiger partial charge < -0.3 is 10.5 Å². The van der Waals surface area contributed by atoms with E-state index in [0.29, 0.717) is 5.33 Å². The van der Waals surface area contributed by atoms with Gasteiger partial charge in [0.2, 0.25) is 15.3 Å². The molecule has 5 nitrogen and oxygen atoms in total. The highest BCUT2D eigenvalue weighted by molar-refractivity contribution is 9.08. The average molecular weight is 364 g/mol. The van der Waals surface area contributed by atoms with Crippen molar-refractivity contribution < 1.29 is 17.9 Å². The molecule has 0 aliphatic rings. The number of ether oxygens (including phenoxy) is 1. The zero-order valence-electron chi connectivity index (χ0n) is 11.6. The van der Waals surface area contributed by atoms with Crippen LogP contribution in [0.25, 0.3) is 0 Å². The quantitative estimate of drug-likeness (QED) is 0.833. The lowest BCUT2D eigenvalue weighted by atomic mass is 9.98. The van der Waals surface area contributed by atoms with E-state index in [-0.39, 0.29) is 4.90 Å². The van der Waals surface area contributed by atoms with Crippen LogP contribution in [0.4, 0.5) is 4.79 Å². The Labute approximate surface area is 127 Å². The van der Waals surface area contributed by atoms with Gasteiger partial charge in [0.25, 0.3) is 0 Å². The number of alkyl halides is 1. The van der Waals surface area contributed by atoms with E-state index >= 15 is 0 Å². The molecule has 1 amide bonds. The largest absolute Gasteiger partial charge is 0.429 e. The van der Waals surface area contributed by atoms with Gasteiger partial charge in [-0.1, -0.05) is 48.8 Å². The highest BCUT2D eigenvalue weighted by Crippen LogP contribution is 2.31. The van der Waals surface area contributed by atoms with Gasteiger partial charge in [-0.05, 0) is 17.7 Å². The van der Waals surface area contributed by atoms with Crippen LogP contribution in [-0.4, -0.2) is 19.9 Å². The van der Waals surface area contributed by atoms with Crippen molar-refractivity contribution in [3.63, 3.8) is 0 Å². The number of primary amides is 1. The van der Waals surface area contributed by atoms with Crippen molar-refractivity contribution in [1.82, 2.24) is 0 Å². The van der Waals surface area contributed by atoms with Gasteiger partial charge in [-0.25, -0.2) is 13.2 Å². The standard InChI is InChI=1S/C13H18BrNO4S/c1-13(2,3)11(19-12(15)16)20(17,18)10-6-4-9(8-14)5-7-10/h4-7,11H,8H2,1-3H3,(H2,15,16). The molecule has 0 aliphatic carbocycles. The van der Waals surface area contributed by atoms with Crippen LogP contribution < -0.4 is 5.73 Å². The van der Waals surface area contributed by atoms with E-state index in [4.69, 9.17) is 10.5 Å². The molecule has 0 spiro atoms. The third-order valence-electron chi connectivity index (χ3n) is 2.62. The van der Waals surface area contributed by atoms with Crippen LogP contribution in [0.5, 0.6) is 0 Å². The monoisotopic (exact) mass is 363 g/mol. The van der Waals surface area contributed by atoms with E-state index in [0.717, 1.165) is 5.56 Å². The van der Waals surface area contributed by atoms with Crippen LogP contribution in [0.3, 0.4) is 0 Å². The Morgan fingerprint density at radius 1 is 1.30 bits per heavy atom. The topological polar surface area (TPSA) is 86.5 Å². The number of amides is 1. The molecule has 0 aromatic heterocycles. The summed E-state index contributed by atoms with van der Waals surface area (Å²) in [6.07, 6.45) is -1.11. The molecule has 112 valence electrons. The third kappa shape index (κ3) is 3.96. The summed E-state index contributed by atoms with van der Waals surface area (Å²) in [6, 6.07) is 6.39. The molecule has 20 heavy (non-hydrogen) atoms. The molecule has 0 radical (unpaired) electrons. The van der Waals surface area contributed by atoms with Crippen molar-refractivity contribution in [2.75, 3.05) is 0 Å². The second-order valence-electron chi connectivity index (χ2n) is 5.46. The molecule has 0 bridgehead atoms. The second-order valence-corrected chi connectivity index (χ2v) is 8.01. The minimum atomic E-state index is -3.82. The van der Waals surface area contributed by atoms with Crippen molar-refractivity contribution in [2.45, 2.75) is 36.4 Å². The summed E-state index contributed by atoms with van der Waals surface area (Å²) in [4.78, 5) is 11.1. The Hall–Kier alpha value is -1.08. The molecule has 0 saturated carbocycles. The molecule has 7 heteroatoms. The summed E-state index contributed by atoms with van der Waals surface area (Å²) in [7, 11) is -3.82. The van der Waals surface area contributed by atoms with Gasteiger partial charge >= 0.3 is 6.09 Å². The zero-order chi connectivity index (χ0) is 15.6. The van der Waals surface area contributed by atoms with Crippen LogP contribution in [0.1, 0.15) is 26.3 Å². The summed E-state index contributed by atoms with van der Waals surface area (Å²) in [6.45, 7) is 5.01. The molecule has 0 heterocycles. The average Bonchev–Trinajstić information content (AvgIpc) is 2.34. The first-order valence-corrected chi connectivity index (χ1v) is 8.60. The van der Waals surface area contributed by atoms with Gasteiger partial charge in [0.05, 0.1) is 4.90 Å². The molecule has 0 aliphatic heterocycles. The first-order valence-electron chi connectivity index (χ1n) is 5.94. The Bertz CT molecular complexity index is 575. The highest BCUT2D eigenvalue weighted by Gasteiger charge is 2.40. The lowest BCUT2D eigenvalue weighted by Gasteiger charge is -2.29. The highest BCUT2D eigenvalue weighted by atomic mass is 79.9. The molecule has 0 fully saturated rings. The van der Waals surface area contributed by atoms with Crippen LogP contribution >= 0.6 is 15.9 Å². The lowest BCUT2D eigenvalue weighted by molar-refractivity contribution is 0.0868. The lowest BCUT2D eigenvalue weighted by Crippen LogP contribution is -2.40. The predicted octanol–water partition coefficient (Wildman–Crippen LogP) is 2.82. The Kier molecular flexibility index (Phi) is 5.21. The number of rotatable bonds is 4. The summed E-state index contributed by atoms with van der Waals surface area (Å²) in [5.41, 5.74) is 3.81. The number of hydrogen-bond acceptors (Lipinski definition) is 4. The molecule has 1 rings (SSSR count). The fourth-order valence-corrected chi connectivity index (χ4v) is 3.99.